The molecule has 3 N–H and O–H groups in total. The Morgan fingerprint density at radius 2 is 2.06 bits per heavy atom. The smallest absolute Gasteiger partial charge is 0.228 e. The van der Waals surface area contributed by atoms with E-state index in [9.17, 15) is 9.18 Å². The molecule has 2 aliphatic carbocycles. The molecule has 0 bridgehead atoms. The van der Waals surface area contributed by atoms with Crippen molar-refractivity contribution in [3.63, 3.8) is 0 Å². The van der Waals surface area contributed by atoms with Gasteiger partial charge in [-0.3, -0.25) is 4.79 Å². The molecule has 90 valence electrons. The Kier molecular flexibility index (Phi) is 2.31. The first-order valence-corrected chi connectivity index (χ1v) is 6.02. The lowest BCUT2D eigenvalue weighted by Crippen LogP contribution is -2.16. The van der Waals surface area contributed by atoms with Crippen LogP contribution in [0.4, 0.5) is 15.8 Å². The Balaban J connectivity index is 1.67. The van der Waals surface area contributed by atoms with Crippen LogP contribution < -0.4 is 11.1 Å². The fraction of sp³-hybridized carbons (Fsp3) is 0.462. The van der Waals surface area contributed by atoms with Crippen LogP contribution in [0.15, 0.2) is 18.2 Å². The largest absolute Gasteiger partial charge is 0.396 e. The number of halogens is 1. The number of rotatable bonds is 2. The van der Waals surface area contributed by atoms with Gasteiger partial charge in [0.2, 0.25) is 5.91 Å². The zero-order valence-electron chi connectivity index (χ0n) is 9.45. The minimum Gasteiger partial charge on any atom is -0.396 e. The fourth-order valence-corrected chi connectivity index (χ4v) is 3.06. The highest BCUT2D eigenvalue weighted by Gasteiger charge is 2.56. The number of nitrogens with one attached hydrogen (secondary N) is 1. The standard InChI is InChI=1S/C13H15FN2O/c14-10-5-4-7(6-11(10)15)16-13(17)12-8-2-1-3-9(8)12/h4-6,8-9,12H,1-3,15H2,(H,16,17). The topological polar surface area (TPSA) is 55.1 Å². The molecule has 2 fully saturated rings. The Hall–Kier alpha value is -1.58. The third kappa shape index (κ3) is 1.77. The number of hydrogen-bond acceptors (Lipinski definition) is 2. The number of fused-ring (bicyclic) bond motifs is 1. The quantitative estimate of drug-likeness (QED) is 0.772. The molecule has 2 atom stereocenters. The second-order valence-corrected chi connectivity index (χ2v) is 5.01. The monoisotopic (exact) mass is 234 g/mol. The second kappa shape index (κ2) is 3.72. The van der Waals surface area contributed by atoms with Crippen molar-refractivity contribution < 1.29 is 9.18 Å². The maximum absolute atomic E-state index is 13.0. The van der Waals surface area contributed by atoms with E-state index in [0.29, 0.717) is 17.5 Å². The fourth-order valence-electron chi connectivity index (χ4n) is 3.06. The van der Waals surface area contributed by atoms with Crippen molar-refractivity contribution in [2.24, 2.45) is 17.8 Å². The molecule has 0 aliphatic heterocycles. The van der Waals surface area contributed by atoms with Gasteiger partial charge in [0, 0.05) is 11.6 Å². The van der Waals surface area contributed by atoms with Gasteiger partial charge in [0.25, 0.3) is 0 Å². The zero-order valence-corrected chi connectivity index (χ0v) is 9.45. The molecule has 1 amide bonds. The Morgan fingerprint density at radius 1 is 1.35 bits per heavy atom. The van der Waals surface area contributed by atoms with Gasteiger partial charge in [-0.05, 0) is 42.9 Å². The van der Waals surface area contributed by atoms with Crippen LogP contribution in [0.5, 0.6) is 0 Å². The number of benzene rings is 1. The number of nitrogen functional groups attached to an aromatic ring is 1. The molecule has 17 heavy (non-hydrogen) atoms. The highest BCUT2D eigenvalue weighted by atomic mass is 19.1. The zero-order chi connectivity index (χ0) is 12.0. The second-order valence-electron chi connectivity index (χ2n) is 5.01. The first-order valence-electron chi connectivity index (χ1n) is 6.02. The van der Waals surface area contributed by atoms with Crippen LogP contribution in [0.25, 0.3) is 0 Å². The van der Waals surface area contributed by atoms with Crippen LogP contribution in [-0.4, -0.2) is 5.91 Å². The molecule has 0 heterocycles. The van der Waals surface area contributed by atoms with Crippen molar-refractivity contribution >= 4 is 17.3 Å². The predicted molar refractivity (Wildman–Crippen MR) is 63.8 cm³/mol. The summed E-state index contributed by atoms with van der Waals surface area (Å²) in [4.78, 5) is 11.9. The summed E-state index contributed by atoms with van der Waals surface area (Å²) >= 11 is 0. The normalized spacial score (nSPS) is 29.8. The lowest BCUT2D eigenvalue weighted by atomic mass is 10.1. The summed E-state index contributed by atoms with van der Waals surface area (Å²) in [6.07, 6.45) is 3.60. The van der Waals surface area contributed by atoms with Crippen LogP contribution in [-0.2, 0) is 4.79 Å². The number of carbonyl (C=O) groups excluding carboxylic acids is 1. The van der Waals surface area contributed by atoms with E-state index in [2.05, 4.69) is 5.32 Å². The molecule has 2 aliphatic rings. The summed E-state index contributed by atoms with van der Waals surface area (Å²) in [6.45, 7) is 0. The van der Waals surface area contributed by atoms with E-state index < -0.39 is 5.82 Å². The molecule has 0 aromatic heterocycles. The maximum atomic E-state index is 13.0. The molecule has 1 aromatic carbocycles. The van der Waals surface area contributed by atoms with Crippen molar-refractivity contribution in [3.8, 4) is 0 Å². The van der Waals surface area contributed by atoms with Crippen LogP contribution >= 0.6 is 0 Å². The summed E-state index contributed by atoms with van der Waals surface area (Å²) < 4.78 is 13.0. The molecule has 3 nitrogen and oxygen atoms in total. The maximum Gasteiger partial charge on any atom is 0.228 e. The Bertz CT molecular complexity index is 464. The molecule has 0 spiro atoms. The van der Waals surface area contributed by atoms with E-state index in [1.165, 1.54) is 31.4 Å². The van der Waals surface area contributed by atoms with Crippen molar-refractivity contribution in [1.82, 2.24) is 0 Å². The lowest BCUT2D eigenvalue weighted by Gasteiger charge is -2.07. The Morgan fingerprint density at radius 3 is 2.71 bits per heavy atom. The van der Waals surface area contributed by atoms with E-state index in [4.69, 9.17) is 5.73 Å². The average Bonchev–Trinajstić information content (AvgIpc) is 2.78. The SMILES string of the molecule is Nc1cc(NC(=O)C2C3CCCC32)ccc1F. The van der Waals surface area contributed by atoms with Gasteiger partial charge >= 0.3 is 0 Å². The highest BCUT2D eigenvalue weighted by Crippen LogP contribution is 2.57. The summed E-state index contributed by atoms with van der Waals surface area (Å²) in [7, 11) is 0. The van der Waals surface area contributed by atoms with Crippen LogP contribution in [0.1, 0.15) is 19.3 Å². The van der Waals surface area contributed by atoms with Gasteiger partial charge in [-0.25, -0.2) is 4.39 Å². The molecular formula is C13H15FN2O. The first-order chi connectivity index (χ1) is 8.16. The number of anilines is 2. The summed E-state index contributed by atoms with van der Waals surface area (Å²) in [5.74, 6) is 0.965. The molecule has 4 heteroatoms. The van der Waals surface area contributed by atoms with Crippen molar-refractivity contribution in [2.45, 2.75) is 19.3 Å². The number of amides is 1. The molecule has 2 unspecified atom stereocenters. The lowest BCUT2D eigenvalue weighted by molar-refractivity contribution is -0.118. The summed E-state index contributed by atoms with van der Waals surface area (Å²) in [5, 5.41) is 2.81. The molecule has 0 saturated heterocycles. The third-order valence-corrected chi connectivity index (χ3v) is 3.97. The predicted octanol–water partition coefficient (Wildman–Crippen LogP) is 2.39. The Labute approximate surface area is 99.2 Å². The van der Waals surface area contributed by atoms with Gasteiger partial charge in [0.15, 0.2) is 0 Å². The van der Waals surface area contributed by atoms with Crippen molar-refractivity contribution in [3.05, 3.63) is 24.0 Å². The van der Waals surface area contributed by atoms with Gasteiger partial charge in [-0.15, -0.1) is 0 Å². The molecule has 1 aromatic rings. The van der Waals surface area contributed by atoms with Gasteiger partial charge in [-0.2, -0.15) is 0 Å². The summed E-state index contributed by atoms with van der Waals surface area (Å²) in [6, 6.07) is 4.28. The van der Waals surface area contributed by atoms with Crippen LogP contribution in [0.3, 0.4) is 0 Å². The molecule has 2 saturated carbocycles. The highest BCUT2D eigenvalue weighted by molar-refractivity contribution is 5.95. The summed E-state index contributed by atoms with van der Waals surface area (Å²) in [5.41, 5.74) is 6.10. The van der Waals surface area contributed by atoms with Gasteiger partial charge in [0.05, 0.1) is 5.69 Å². The molecule has 0 radical (unpaired) electrons. The van der Waals surface area contributed by atoms with E-state index in [0.717, 1.165) is 0 Å². The van der Waals surface area contributed by atoms with E-state index >= 15 is 0 Å². The van der Waals surface area contributed by atoms with Gasteiger partial charge in [0.1, 0.15) is 5.82 Å². The van der Waals surface area contributed by atoms with Crippen molar-refractivity contribution in [2.75, 3.05) is 11.1 Å². The molecule has 3 rings (SSSR count). The number of carbonyl (C=O) groups is 1. The minimum atomic E-state index is -0.453. The van der Waals surface area contributed by atoms with Gasteiger partial charge < -0.3 is 11.1 Å². The van der Waals surface area contributed by atoms with E-state index in [1.807, 2.05) is 0 Å². The number of hydrogen-bond donors (Lipinski definition) is 2. The van der Waals surface area contributed by atoms with Gasteiger partial charge in [-0.1, -0.05) is 6.42 Å². The molecular weight excluding hydrogens is 219 g/mol. The van der Waals surface area contributed by atoms with Crippen LogP contribution in [0, 0.1) is 23.6 Å². The van der Waals surface area contributed by atoms with Crippen LogP contribution in [0.2, 0.25) is 0 Å². The first kappa shape index (κ1) is 10.6. The van der Waals surface area contributed by atoms with E-state index in [-0.39, 0.29) is 17.5 Å². The minimum absolute atomic E-state index is 0.0608. The van der Waals surface area contributed by atoms with Crippen molar-refractivity contribution in [1.29, 1.82) is 0 Å². The average molecular weight is 234 g/mol. The third-order valence-electron chi connectivity index (χ3n) is 3.97. The van der Waals surface area contributed by atoms with E-state index in [1.54, 1.807) is 6.07 Å². The number of nitrogens with two attached hydrogens (primary N) is 1.